The summed E-state index contributed by atoms with van der Waals surface area (Å²) in [6.45, 7) is 1.29. The van der Waals surface area contributed by atoms with Crippen LogP contribution in [0.4, 0.5) is 17.1 Å². The number of anilines is 3. The van der Waals surface area contributed by atoms with Crippen LogP contribution in [-0.4, -0.2) is 40.1 Å². The Morgan fingerprint density at radius 2 is 1.80 bits per heavy atom. The Labute approximate surface area is 182 Å². The van der Waals surface area contributed by atoms with Crippen molar-refractivity contribution < 1.29 is 15.1 Å². The van der Waals surface area contributed by atoms with E-state index < -0.39 is 5.97 Å². The van der Waals surface area contributed by atoms with E-state index in [1.807, 2.05) is 6.07 Å². The van der Waals surface area contributed by atoms with E-state index in [1.165, 1.54) is 6.07 Å². The second-order valence-corrected chi connectivity index (χ2v) is 7.83. The maximum atomic E-state index is 11.8. The molecule has 0 amide bonds. The van der Waals surface area contributed by atoms with Gasteiger partial charge in [-0.1, -0.05) is 28.4 Å². The van der Waals surface area contributed by atoms with Gasteiger partial charge >= 0.3 is 5.97 Å². The summed E-state index contributed by atoms with van der Waals surface area (Å²) in [4.78, 5) is 18.4. The highest BCUT2D eigenvalue weighted by Gasteiger charge is 2.22. The molecular formula is C21H18Cl2N4O3. The summed E-state index contributed by atoms with van der Waals surface area (Å²) in [5, 5.41) is 26.9. The number of aromatic nitrogens is 1. The zero-order chi connectivity index (χ0) is 21.3. The number of pyridine rings is 1. The lowest BCUT2D eigenvalue weighted by Crippen LogP contribution is -2.34. The maximum Gasteiger partial charge on any atom is 0.337 e. The van der Waals surface area contributed by atoms with Crippen LogP contribution >= 0.6 is 23.2 Å². The summed E-state index contributed by atoms with van der Waals surface area (Å²) in [5.41, 5.74) is 3.48. The number of carboxylic acids is 1. The Morgan fingerprint density at radius 3 is 2.50 bits per heavy atom. The molecule has 1 aliphatic rings. The number of piperidine rings is 1. The fourth-order valence-corrected chi connectivity index (χ4v) is 3.91. The number of carboxylic acid groups (broad SMARTS) is 1. The van der Waals surface area contributed by atoms with Crippen molar-refractivity contribution >= 4 is 62.8 Å². The number of carbonyl (C=O) groups is 1. The van der Waals surface area contributed by atoms with E-state index >= 15 is 0 Å². The van der Waals surface area contributed by atoms with Gasteiger partial charge in [-0.2, -0.15) is 0 Å². The maximum absolute atomic E-state index is 11.8. The predicted octanol–water partition coefficient (Wildman–Crippen LogP) is 5.41. The average Bonchev–Trinajstić information content (AvgIpc) is 2.75. The van der Waals surface area contributed by atoms with Crippen LogP contribution in [0.5, 0.6) is 0 Å². The smallest absolute Gasteiger partial charge is 0.337 e. The summed E-state index contributed by atoms with van der Waals surface area (Å²) >= 11 is 12.2. The Hall–Kier alpha value is -3.03. The van der Waals surface area contributed by atoms with Gasteiger partial charge in [-0.3, -0.25) is 4.98 Å². The van der Waals surface area contributed by atoms with Crippen LogP contribution in [0, 0.1) is 0 Å². The second-order valence-electron chi connectivity index (χ2n) is 6.95. The quantitative estimate of drug-likeness (QED) is 0.367. The molecule has 0 unspecified atom stereocenters. The third-order valence-corrected chi connectivity index (χ3v) is 5.57. The summed E-state index contributed by atoms with van der Waals surface area (Å²) in [5.74, 6) is -1.08. The molecule has 30 heavy (non-hydrogen) atoms. The van der Waals surface area contributed by atoms with Gasteiger partial charge in [0, 0.05) is 41.4 Å². The number of fused-ring (bicyclic) bond motifs is 1. The van der Waals surface area contributed by atoms with Gasteiger partial charge in [0.25, 0.3) is 0 Å². The van der Waals surface area contributed by atoms with Crippen molar-refractivity contribution in [2.75, 3.05) is 23.3 Å². The molecule has 1 fully saturated rings. The molecule has 0 bridgehead atoms. The Balaban J connectivity index is 1.84. The number of rotatable bonds is 4. The van der Waals surface area contributed by atoms with Crippen molar-refractivity contribution in [2.45, 2.75) is 12.8 Å². The number of hydrogen-bond acceptors (Lipinski definition) is 6. The molecule has 2 heterocycles. The Bertz CT molecular complexity index is 1160. The van der Waals surface area contributed by atoms with Gasteiger partial charge < -0.3 is 20.5 Å². The van der Waals surface area contributed by atoms with Crippen molar-refractivity contribution in [1.82, 2.24) is 4.98 Å². The minimum Gasteiger partial charge on any atom is -0.478 e. The van der Waals surface area contributed by atoms with Crippen LogP contribution in [-0.2, 0) is 0 Å². The van der Waals surface area contributed by atoms with E-state index in [4.69, 9.17) is 28.4 Å². The van der Waals surface area contributed by atoms with Crippen LogP contribution in [0.25, 0.3) is 10.9 Å². The molecule has 0 radical (unpaired) electrons. The van der Waals surface area contributed by atoms with E-state index in [1.54, 1.807) is 30.5 Å². The largest absolute Gasteiger partial charge is 0.478 e. The van der Waals surface area contributed by atoms with Gasteiger partial charge in [0.1, 0.15) is 0 Å². The Kier molecular flexibility index (Phi) is 5.65. The molecular weight excluding hydrogens is 427 g/mol. The number of hydrogen-bond donors (Lipinski definition) is 3. The number of nitrogens with one attached hydrogen (secondary N) is 1. The van der Waals surface area contributed by atoms with E-state index in [0.29, 0.717) is 47.4 Å². The molecule has 154 valence electrons. The molecule has 0 saturated carbocycles. The molecule has 3 aromatic rings. The van der Waals surface area contributed by atoms with Crippen LogP contribution < -0.4 is 10.2 Å². The lowest BCUT2D eigenvalue weighted by Gasteiger charge is -2.31. The summed E-state index contributed by atoms with van der Waals surface area (Å²) < 4.78 is 0. The number of aromatic carboxylic acids is 1. The van der Waals surface area contributed by atoms with Crippen LogP contribution in [0.1, 0.15) is 23.2 Å². The molecule has 0 spiro atoms. The Morgan fingerprint density at radius 1 is 1.10 bits per heavy atom. The summed E-state index contributed by atoms with van der Waals surface area (Å²) in [6, 6.07) is 10.1. The normalized spacial score (nSPS) is 14.1. The van der Waals surface area contributed by atoms with Gasteiger partial charge in [0.15, 0.2) is 0 Å². The molecule has 0 aliphatic carbocycles. The number of nitrogens with zero attached hydrogens (tertiary/aromatic N) is 3. The predicted molar refractivity (Wildman–Crippen MR) is 119 cm³/mol. The standard InChI is InChI=1S/C21H18Cl2N4O3/c22-12-1-3-17-15(9-12)20(25-18-4-2-13(23)10-16(18)21(28)29)19(11-24-17)27-7-5-14(26-30)6-8-27/h1-4,9-11,30H,5-8H2,(H,24,25)(H,28,29). The van der Waals surface area contributed by atoms with Crippen LogP contribution in [0.15, 0.2) is 47.8 Å². The van der Waals surface area contributed by atoms with Crippen molar-refractivity contribution in [3.63, 3.8) is 0 Å². The van der Waals surface area contributed by atoms with E-state index in [9.17, 15) is 9.90 Å². The first-order chi connectivity index (χ1) is 14.5. The summed E-state index contributed by atoms with van der Waals surface area (Å²) in [6.07, 6.45) is 3.02. The molecule has 9 heteroatoms. The van der Waals surface area contributed by atoms with Gasteiger partial charge in [0.2, 0.25) is 0 Å². The van der Waals surface area contributed by atoms with E-state index in [2.05, 4.69) is 20.4 Å². The second kappa shape index (κ2) is 8.38. The van der Waals surface area contributed by atoms with E-state index in [-0.39, 0.29) is 5.56 Å². The minimum atomic E-state index is -1.08. The first kappa shape index (κ1) is 20.3. The number of oxime groups is 1. The fourth-order valence-electron chi connectivity index (χ4n) is 3.57. The van der Waals surface area contributed by atoms with Crippen LogP contribution in [0.2, 0.25) is 10.0 Å². The first-order valence-corrected chi connectivity index (χ1v) is 10.0. The molecule has 7 nitrogen and oxygen atoms in total. The monoisotopic (exact) mass is 444 g/mol. The van der Waals surface area contributed by atoms with Crippen molar-refractivity contribution in [3.8, 4) is 0 Å². The van der Waals surface area contributed by atoms with Crippen molar-refractivity contribution in [2.24, 2.45) is 5.16 Å². The van der Waals surface area contributed by atoms with Gasteiger partial charge in [-0.05, 0) is 36.4 Å². The molecule has 0 atom stereocenters. The summed E-state index contributed by atoms with van der Waals surface area (Å²) in [7, 11) is 0. The highest BCUT2D eigenvalue weighted by atomic mass is 35.5. The van der Waals surface area contributed by atoms with Gasteiger partial charge in [0.05, 0.1) is 40.1 Å². The van der Waals surface area contributed by atoms with Gasteiger partial charge in [-0.25, -0.2) is 4.79 Å². The lowest BCUT2D eigenvalue weighted by molar-refractivity contribution is 0.0698. The highest BCUT2D eigenvalue weighted by molar-refractivity contribution is 6.32. The number of halogens is 2. The highest BCUT2D eigenvalue weighted by Crippen LogP contribution is 2.38. The molecule has 2 aromatic carbocycles. The van der Waals surface area contributed by atoms with E-state index in [0.717, 1.165) is 22.3 Å². The molecule has 3 N–H and O–H groups in total. The van der Waals surface area contributed by atoms with Gasteiger partial charge in [-0.15, -0.1) is 0 Å². The SMILES string of the molecule is O=C(O)c1cc(Cl)ccc1Nc1c(N2CCC(=NO)CC2)cnc2ccc(Cl)cc12. The third-order valence-electron chi connectivity index (χ3n) is 5.10. The molecule has 4 rings (SSSR count). The zero-order valence-corrected chi connectivity index (χ0v) is 17.3. The molecule has 1 aromatic heterocycles. The average molecular weight is 445 g/mol. The van der Waals surface area contributed by atoms with Crippen molar-refractivity contribution in [3.05, 3.63) is 58.2 Å². The molecule has 1 aliphatic heterocycles. The topological polar surface area (TPSA) is 98.1 Å². The number of benzene rings is 2. The van der Waals surface area contributed by atoms with Crippen molar-refractivity contribution in [1.29, 1.82) is 0 Å². The first-order valence-electron chi connectivity index (χ1n) is 9.29. The van der Waals surface area contributed by atoms with Crippen LogP contribution in [0.3, 0.4) is 0 Å². The molecule has 1 saturated heterocycles. The zero-order valence-electron chi connectivity index (χ0n) is 15.8. The fraction of sp³-hybridized carbons (Fsp3) is 0.190. The third kappa shape index (κ3) is 3.99. The minimum absolute atomic E-state index is 0.0637. The lowest BCUT2D eigenvalue weighted by atomic mass is 10.1.